The Hall–Kier alpha value is -1.33. The zero-order valence-corrected chi connectivity index (χ0v) is 12.4. The first-order chi connectivity index (χ1) is 9.72. The summed E-state index contributed by atoms with van der Waals surface area (Å²) in [6.07, 6.45) is 3.96. The van der Waals surface area contributed by atoms with Gasteiger partial charge in [-0.15, -0.1) is 0 Å². The molecule has 0 aliphatic carbocycles. The minimum absolute atomic E-state index is 0.355. The summed E-state index contributed by atoms with van der Waals surface area (Å²) in [5.41, 5.74) is 0.473. The van der Waals surface area contributed by atoms with E-state index >= 15 is 0 Å². The smallest absolute Gasteiger partial charge is 0.341 e. The van der Waals surface area contributed by atoms with Crippen molar-refractivity contribution in [1.82, 2.24) is 10.2 Å². The number of ether oxygens (including phenoxy) is 1. The Balaban J connectivity index is 1.68. The zero-order chi connectivity index (χ0) is 14.4. The van der Waals surface area contributed by atoms with E-state index in [-0.39, 0.29) is 5.97 Å². The Morgan fingerprint density at radius 2 is 2.25 bits per heavy atom. The first kappa shape index (κ1) is 15.1. The van der Waals surface area contributed by atoms with Crippen LogP contribution < -0.4 is 5.32 Å². The number of rotatable bonds is 6. The van der Waals surface area contributed by atoms with Crippen LogP contribution in [0.15, 0.2) is 16.7 Å². The lowest BCUT2D eigenvalue weighted by Gasteiger charge is -2.31. The van der Waals surface area contributed by atoms with Gasteiger partial charge in [-0.3, -0.25) is 0 Å². The number of esters is 1. The van der Waals surface area contributed by atoms with Gasteiger partial charge >= 0.3 is 5.97 Å². The van der Waals surface area contributed by atoms with E-state index in [9.17, 15) is 4.79 Å². The number of likely N-dealkylation sites (tertiary alicyclic amines) is 1. The van der Waals surface area contributed by atoms with E-state index in [0.29, 0.717) is 12.1 Å². The summed E-state index contributed by atoms with van der Waals surface area (Å²) < 4.78 is 9.99. The topological polar surface area (TPSA) is 54.7 Å². The van der Waals surface area contributed by atoms with Crippen LogP contribution in [0.2, 0.25) is 0 Å². The van der Waals surface area contributed by atoms with Gasteiger partial charge in [-0.1, -0.05) is 6.92 Å². The third-order valence-electron chi connectivity index (χ3n) is 3.96. The van der Waals surface area contributed by atoms with Crippen LogP contribution in [0, 0.1) is 5.92 Å². The monoisotopic (exact) mass is 280 g/mol. The molecular formula is C15H24N2O3. The quantitative estimate of drug-likeness (QED) is 0.806. The number of methoxy groups -OCH3 is 1. The highest BCUT2D eigenvalue weighted by atomic mass is 16.5. The summed E-state index contributed by atoms with van der Waals surface area (Å²) in [4.78, 5) is 13.8. The normalized spacial score (nSPS) is 17.3. The number of nitrogens with one attached hydrogen (secondary N) is 1. The van der Waals surface area contributed by atoms with E-state index in [4.69, 9.17) is 4.42 Å². The number of carbonyl (C=O) groups excluding carboxylic acids is 1. The molecule has 1 saturated heterocycles. The lowest BCUT2D eigenvalue weighted by molar-refractivity contribution is 0.0600. The number of hydrogen-bond donors (Lipinski definition) is 1. The third kappa shape index (κ3) is 4.08. The average molecular weight is 280 g/mol. The minimum atomic E-state index is -0.355. The number of carbonyl (C=O) groups is 1. The van der Waals surface area contributed by atoms with E-state index < -0.39 is 0 Å². The van der Waals surface area contributed by atoms with Crippen LogP contribution in [0.5, 0.6) is 0 Å². The molecule has 2 rings (SSSR count). The van der Waals surface area contributed by atoms with Gasteiger partial charge in [-0.05, 0) is 51.0 Å². The first-order valence-corrected chi connectivity index (χ1v) is 7.31. The summed E-state index contributed by atoms with van der Waals surface area (Å²) in [6, 6.07) is 1.73. The Morgan fingerprint density at radius 3 is 2.90 bits per heavy atom. The van der Waals surface area contributed by atoms with E-state index in [1.807, 2.05) is 0 Å². The fraction of sp³-hybridized carbons (Fsp3) is 0.667. The van der Waals surface area contributed by atoms with Crippen LogP contribution in [-0.4, -0.2) is 44.2 Å². The van der Waals surface area contributed by atoms with Gasteiger partial charge < -0.3 is 19.4 Å². The fourth-order valence-corrected chi connectivity index (χ4v) is 2.60. The largest absolute Gasteiger partial charge is 0.467 e. The van der Waals surface area contributed by atoms with Crippen LogP contribution >= 0.6 is 0 Å². The molecule has 0 aromatic carbocycles. The van der Waals surface area contributed by atoms with E-state index in [0.717, 1.165) is 24.8 Å². The molecule has 0 unspecified atom stereocenters. The van der Waals surface area contributed by atoms with Gasteiger partial charge in [0.1, 0.15) is 12.0 Å². The van der Waals surface area contributed by atoms with Gasteiger partial charge in [-0.2, -0.15) is 0 Å². The minimum Gasteiger partial charge on any atom is -0.467 e. The average Bonchev–Trinajstić information content (AvgIpc) is 2.96. The van der Waals surface area contributed by atoms with Gasteiger partial charge in [0, 0.05) is 0 Å². The Kier molecular flexibility index (Phi) is 5.61. The standard InChI is InChI=1S/C15H24N2O3/c1-3-17-6-4-12(5-7-17)9-16-10-14-8-13(11-20-14)15(18)19-2/h8,11-12,16H,3-7,9-10H2,1-2H3. The highest BCUT2D eigenvalue weighted by Crippen LogP contribution is 2.16. The number of nitrogens with zero attached hydrogens (tertiary/aromatic N) is 1. The molecule has 2 heterocycles. The lowest BCUT2D eigenvalue weighted by Crippen LogP contribution is -2.36. The summed E-state index contributed by atoms with van der Waals surface area (Å²) in [6.45, 7) is 7.44. The van der Waals surface area contributed by atoms with Gasteiger partial charge in [-0.25, -0.2) is 4.79 Å². The molecule has 1 N–H and O–H groups in total. The van der Waals surface area contributed by atoms with Crippen LogP contribution in [0.25, 0.3) is 0 Å². The molecule has 0 spiro atoms. The molecule has 1 aliphatic rings. The van der Waals surface area contributed by atoms with Gasteiger partial charge in [0.15, 0.2) is 0 Å². The summed E-state index contributed by atoms with van der Waals surface area (Å²) in [7, 11) is 1.37. The van der Waals surface area contributed by atoms with Crippen molar-refractivity contribution in [2.75, 3.05) is 33.3 Å². The highest BCUT2D eigenvalue weighted by molar-refractivity contribution is 5.88. The van der Waals surface area contributed by atoms with Crippen molar-refractivity contribution in [2.45, 2.75) is 26.3 Å². The molecular weight excluding hydrogens is 256 g/mol. The molecule has 1 aliphatic heterocycles. The molecule has 5 heteroatoms. The molecule has 112 valence electrons. The molecule has 0 bridgehead atoms. The Morgan fingerprint density at radius 1 is 1.50 bits per heavy atom. The van der Waals surface area contributed by atoms with E-state index in [1.54, 1.807) is 6.07 Å². The fourth-order valence-electron chi connectivity index (χ4n) is 2.60. The van der Waals surface area contributed by atoms with E-state index in [1.165, 1.54) is 39.3 Å². The van der Waals surface area contributed by atoms with Crippen LogP contribution in [-0.2, 0) is 11.3 Å². The van der Waals surface area contributed by atoms with Crippen molar-refractivity contribution in [2.24, 2.45) is 5.92 Å². The maximum Gasteiger partial charge on any atom is 0.341 e. The van der Waals surface area contributed by atoms with Crippen LogP contribution in [0.1, 0.15) is 35.9 Å². The second-order valence-corrected chi connectivity index (χ2v) is 5.30. The number of hydrogen-bond acceptors (Lipinski definition) is 5. The Labute approximate surface area is 120 Å². The Bertz CT molecular complexity index is 423. The number of piperidine rings is 1. The second kappa shape index (κ2) is 7.45. The van der Waals surface area contributed by atoms with Gasteiger partial charge in [0.05, 0.1) is 19.2 Å². The molecule has 0 saturated carbocycles. The third-order valence-corrected chi connectivity index (χ3v) is 3.96. The number of furan rings is 1. The predicted octanol–water partition coefficient (Wildman–Crippen LogP) is 1.89. The van der Waals surface area contributed by atoms with Gasteiger partial charge in [0.25, 0.3) is 0 Å². The van der Waals surface area contributed by atoms with Gasteiger partial charge in [0.2, 0.25) is 0 Å². The van der Waals surface area contributed by atoms with Crippen molar-refractivity contribution in [1.29, 1.82) is 0 Å². The molecule has 0 radical (unpaired) electrons. The summed E-state index contributed by atoms with van der Waals surface area (Å²) in [5.74, 6) is 1.16. The van der Waals surface area contributed by atoms with Crippen molar-refractivity contribution < 1.29 is 13.9 Å². The molecule has 1 aromatic heterocycles. The highest BCUT2D eigenvalue weighted by Gasteiger charge is 2.17. The second-order valence-electron chi connectivity index (χ2n) is 5.30. The molecule has 1 aromatic rings. The molecule has 0 amide bonds. The van der Waals surface area contributed by atoms with Crippen molar-refractivity contribution in [3.8, 4) is 0 Å². The molecule has 20 heavy (non-hydrogen) atoms. The summed E-state index contributed by atoms with van der Waals surface area (Å²) in [5, 5.41) is 3.41. The van der Waals surface area contributed by atoms with E-state index in [2.05, 4.69) is 21.9 Å². The maximum atomic E-state index is 11.3. The first-order valence-electron chi connectivity index (χ1n) is 7.31. The maximum absolute atomic E-state index is 11.3. The SMILES string of the molecule is CCN1CCC(CNCc2cc(C(=O)OC)co2)CC1. The van der Waals surface area contributed by atoms with Crippen LogP contribution in [0.3, 0.4) is 0 Å². The zero-order valence-electron chi connectivity index (χ0n) is 12.4. The summed E-state index contributed by atoms with van der Waals surface area (Å²) >= 11 is 0. The molecule has 5 nitrogen and oxygen atoms in total. The predicted molar refractivity (Wildman–Crippen MR) is 76.6 cm³/mol. The van der Waals surface area contributed by atoms with Crippen molar-refractivity contribution in [3.63, 3.8) is 0 Å². The van der Waals surface area contributed by atoms with Crippen molar-refractivity contribution in [3.05, 3.63) is 23.7 Å². The molecule has 1 fully saturated rings. The van der Waals surface area contributed by atoms with Crippen molar-refractivity contribution >= 4 is 5.97 Å². The van der Waals surface area contributed by atoms with Crippen LogP contribution in [0.4, 0.5) is 0 Å². The lowest BCUT2D eigenvalue weighted by atomic mass is 9.97. The molecule has 0 atom stereocenters.